The van der Waals surface area contributed by atoms with Gasteiger partial charge in [0.15, 0.2) is 12.2 Å². The molecule has 0 rings (SSSR count). The predicted octanol–water partition coefficient (Wildman–Crippen LogP) is 24.0. The molecule has 604 valence electrons. The van der Waals surface area contributed by atoms with Gasteiger partial charge in [-0.05, 0) is 135 Å². The SMILES string of the molecule is CC/C=C\C/C=C\C/C=C\C/C=C\C/C=C\C/C=C\CCC(=O)OCC(COP(=O)(O)OCC(O)COP(=O)(O)OCC(COC(=O)CCCCC/C=C\C/C=C\C/C=C\C/C=C\C/C=C\CC)OC(=O)CCCCCCC/C=C\C/C=C\CCC)OC(=O)CCCCCCCCCCCCCCCCC. The number of hydrogen-bond donors (Lipinski definition) is 3. The molecule has 5 atom stereocenters. The third-order valence-corrected chi connectivity index (χ3v) is 18.4. The van der Waals surface area contributed by atoms with E-state index in [1.807, 2.05) is 18.2 Å². The van der Waals surface area contributed by atoms with Gasteiger partial charge in [-0.3, -0.25) is 37.3 Å². The van der Waals surface area contributed by atoms with Crippen LogP contribution >= 0.6 is 15.6 Å². The molecular formula is C87H144O17P2. The average molecular weight is 1520 g/mol. The lowest BCUT2D eigenvalue weighted by Crippen LogP contribution is -2.30. The Labute approximate surface area is 642 Å². The van der Waals surface area contributed by atoms with Crippen LogP contribution < -0.4 is 0 Å². The second-order valence-corrected chi connectivity index (χ2v) is 29.5. The zero-order chi connectivity index (χ0) is 77.4. The van der Waals surface area contributed by atoms with E-state index < -0.39 is 97.5 Å². The van der Waals surface area contributed by atoms with Crippen LogP contribution in [0.25, 0.3) is 0 Å². The maximum Gasteiger partial charge on any atom is 0.472 e. The minimum atomic E-state index is -5.00. The summed E-state index contributed by atoms with van der Waals surface area (Å²) in [5.41, 5.74) is 0. The zero-order valence-electron chi connectivity index (χ0n) is 66.1. The lowest BCUT2D eigenvalue weighted by molar-refractivity contribution is -0.161. The summed E-state index contributed by atoms with van der Waals surface area (Å²) < 4.78 is 68.5. The van der Waals surface area contributed by atoms with Crippen molar-refractivity contribution in [2.75, 3.05) is 39.6 Å². The molecule has 3 N–H and O–H groups in total. The van der Waals surface area contributed by atoms with Crippen molar-refractivity contribution in [3.8, 4) is 0 Å². The summed E-state index contributed by atoms with van der Waals surface area (Å²) in [5.74, 6) is -2.33. The Morgan fingerprint density at radius 3 is 0.858 bits per heavy atom. The summed E-state index contributed by atoms with van der Waals surface area (Å²) in [4.78, 5) is 73.0. The van der Waals surface area contributed by atoms with E-state index in [0.717, 1.165) is 161 Å². The highest BCUT2D eigenvalue weighted by molar-refractivity contribution is 7.47. The van der Waals surface area contributed by atoms with Crippen molar-refractivity contribution in [3.63, 3.8) is 0 Å². The number of rotatable bonds is 75. The lowest BCUT2D eigenvalue weighted by atomic mass is 10.0. The van der Waals surface area contributed by atoms with Crippen molar-refractivity contribution in [1.29, 1.82) is 0 Å². The van der Waals surface area contributed by atoms with Crippen molar-refractivity contribution >= 4 is 39.5 Å². The molecule has 17 nitrogen and oxygen atoms in total. The molecule has 0 fully saturated rings. The highest BCUT2D eigenvalue weighted by Crippen LogP contribution is 2.45. The van der Waals surface area contributed by atoms with Crippen molar-refractivity contribution in [3.05, 3.63) is 158 Å². The number of aliphatic hydroxyl groups excluding tert-OH is 1. The quantitative estimate of drug-likeness (QED) is 0.0169. The van der Waals surface area contributed by atoms with Crippen LogP contribution in [0, 0.1) is 0 Å². The third kappa shape index (κ3) is 76.9. The van der Waals surface area contributed by atoms with Gasteiger partial charge in [0.1, 0.15) is 19.3 Å². The van der Waals surface area contributed by atoms with E-state index >= 15 is 0 Å². The predicted molar refractivity (Wildman–Crippen MR) is 436 cm³/mol. The molecule has 0 heterocycles. The Bertz CT molecular complexity index is 2630. The Morgan fingerprint density at radius 1 is 0.274 bits per heavy atom. The Morgan fingerprint density at radius 2 is 0.528 bits per heavy atom. The second-order valence-electron chi connectivity index (χ2n) is 26.6. The fourth-order valence-electron chi connectivity index (χ4n) is 10.4. The minimum Gasteiger partial charge on any atom is -0.462 e. The van der Waals surface area contributed by atoms with E-state index in [4.69, 9.17) is 37.0 Å². The Hall–Kier alpha value is -5.32. The molecule has 0 bridgehead atoms. The van der Waals surface area contributed by atoms with Gasteiger partial charge in [0, 0.05) is 25.7 Å². The largest absolute Gasteiger partial charge is 0.472 e. The standard InChI is InChI=1S/C87H144O17P2/c1-5-9-13-17-21-25-29-33-36-38-40-42-45-48-51-55-59-63-67-71-84(89)97-77-82(103-86(91)73-69-65-61-57-53-47-32-28-24-20-16-12-8-4)79-101-105(93,94)99-75-81(88)76-100-106(95,96)102-80-83(104-87(92)74-70-66-62-58-54-50-44-35-31-27-23-19-15-11-7-3)78-98-85(90)72-68-64-60-56-52-49-46-43-41-39-37-34-30-26-22-18-14-10-6-2/h9-10,13-14,16,20-22,25-26,28,32-34,36-37,40-43,48-49,51-52,60,64,81-83,88H,5-8,11-12,15,17-19,23-24,27,29-31,35,38-39,44-47,50,53-59,61-63,65-80H2,1-4H3,(H,93,94)(H,95,96)/b13-9-,14-10-,20-16-,25-21-,26-22-,32-28-,36-33-,37-34-,42-40-,43-41-,51-48-,52-49-,64-60-. The molecule has 0 spiro atoms. The molecule has 0 aliphatic rings. The normalized spacial score (nSPS) is 14.7. The first kappa shape index (κ1) is 101. The van der Waals surface area contributed by atoms with Crippen molar-refractivity contribution < 1.29 is 80.2 Å². The van der Waals surface area contributed by atoms with Crippen LogP contribution in [-0.2, 0) is 65.4 Å². The molecule has 0 amide bonds. The monoisotopic (exact) mass is 1520 g/mol. The van der Waals surface area contributed by atoms with Crippen LogP contribution in [0.15, 0.2) is 158 Å². The van der Waals surface area contributed by atoms with Crippen molar-refractivity contribution in [1.82, 2.24) is 0 Å². The van der Waals surface area contributed by atoms with Gasteiger partial charge in [0.2, 0.25) is 0 Å². The number of carbonyl (C=O) groups is 4. The molecule has 0 aromatic rings. The Kier molecular flexibility index (Phi) is 73.9. The molecule has 106 heavy (non-hydrogen) atoms. The van der Waals surface area contributed by atoms with Gasteiger partial charge in [-0.25, -0.2) is 9.13 Å². The fourth-order valence-corrected chi connectivity index (χ4v) is 11.9. The summed E-state index contributed by atoms with van der Waals surface area (Å²) >= 11 is 0. The van der Waals surface area contributed by atoms with Crippen LogP contribution in [0.4, 0.5) is 0 Å². The smallest absolute Gasteiger partial charge is 0.462 e. The average Bonchev–Trinajstić information content (AvgIpc) is 0.933. The number of hydrogen-bond acceptors (Lipinski definition) is 15. The van der Waals surface area contributed by atoms with Gasteiger partial charge in [0.25, 0.3) is 0 Å². The second kappa shape index (κ2) is 77.8. The van der Waals surface area contributed by atoms with E-state index in [2.05, 4.69) is 167 Å². The molecule has 0 aliphatic heterocycles. The summed E-state index contributed by atoms with van der Waals surface area (Å²) in [6.07, 6.45) is 90.9. The van der Waals surface area contributed by atoms with Gasteiger partial charge in [-0.15, -0.1) is 0 Å². The van der Waals surface area contributed by atoms with Crippen LogP contribution in [-0.4, -0.2) is 96.7 Å². The fraction of sp³-hybridized carbons (Fsp3) is 0.655. The van der Waals surface area contributed by atoms with E-state index in [9.17, 15) is 43.2 Å². The van der Waals surface area contributed by atoms with E-state index in [1.165, 1.54) is 64.2 Å². The molecular weight excluding hydrogens is 1380 g/mol. The van der Waals surface area contributed by atoms with Gasteiger partial charge >= 0.3 is 39.5 Å². The molecule has 0 aromatic carbocycles. The first-order valence-electron chi connectivity index (χ1n) is 40.7. The molecule has 0 aliphatic carbocycles. The van der Waals surface area contributed by atoms with Crippen LogP contribution in [0.5, 0.6) is 0 Å². The first-order valence-corrected chi connectivity index (χ1v) is 43.7. The summed E-state index contributed by atoms with van der Waals surface area (Å²) in [6.45, 7) is 4.45. The van der Waals surface area contributed by atoms with E-state index in [-0.39, 0.29) is 25.7 Å². The first-order chi connectivity index (χ1) is 51.7. The summed E-state index contributed by atoms with van der Waals surface area (Å²) in [7, 11) is -10.00. The van der Waals surface area contributed by atoms with Gasteiger partial charge in [0.05, 0.1) is 26.4 Å². The molecule has 19 heteroatoms. The number of ether oxygens (including phenoxy) is 4. The van der Waals surface area contributed by atoms with E-state index in [1.54, 1.807) is 0 Å². The molecule has 0 saturated heterocycles. The topological polar surface area (TPSA) is 237 Å². The highest BCUT2D eigenvalue weighted by Gasteiger charge is 2.30. The molecule has 0 radical (unpaired) electrons. The number of unbranched alkanes of at least 4 members (excludes halogenated alkanes) is 23. The van der Waals surface area contributed by atoms with Crippen LogP contribution in [0.2, 0.25) is 0 Å². The number of phosphoric ester groups is 2. The summed E-state index contributed by atoms with van der Waals surface area (Å²) in [6, 6.07) is 0. The highest BCUT2D eigenvalue weighted by atomic mass is 31.2. The Balaban J connectivity index is 5.45. The molecule has 0 saturated carbocycles. The number of carbonyl (C=O) groups excluding carboxylic acids is 4. The zero-order valence-corrected chi connectivity index (χ0v) is 67.8. The molecule has 5 unspecified atom stereocenters. The van der Waals surface area contributed by atoms with Gasteiger partial charge < -0.3 is 33.8 Å². The number of phosphoric acid groups is 2. The minimum absolute atomic E-state index is 0.0332. The lowest BCUT2D eigenvalue weighted by Gasteiger charge is -2.21. The van der Waals surface area contributed by atoms with Crippen LogP contribution in [0.1, 0.15) is 310 Å². The molecule has 0 aromatic heterocycles. The third-order valence-electron chi connectivity index (χ3n) is 16.5. The number of esters is 4. The summed E-state index contributed by atoms with van der Waals surface area (Å²) in [5, 5.41) is 10.6. The van der Waals surface area contributed by atoms with Gasteiger partial charge in [-0.2, -0.15) is 0 Å². The van der Waals surface area contributed by atoms with Crippen LogP contribution in [0.3, 0.4) is 0 Å². The maximum atomic E-state index is 13.1. The van der Waals surface area contributed by atoms with Crippen molar-refractivity contribution in [2.24, 2.45) is 0 Å². The van der Waals surface area contributed by atoms with Crippen molar-refractivity contribution in [2.45, 2.75) is 329 Å². The van der Waals surface area contributed by atoms with E-state index in [0.29, 0.717) is 32.1 Å². The number of aliphatic hydroxyl groups is 1. The maximum absolute atomic E-state index is 13.1. The van der Waals surface area contributed by atoms with Gasteiger partial charge in [-0.1, -0.05) is 308 Å². The number of allylic oxidation sites excluding steroid dienone is 26.